The van der Waals surface area contributed by atoms with Crippen molar-refractivity contribution in [2.75, 3.05) is 18.2 Å². The zero-order valence-corrected chi connectivity index (χ0v) is 7.40. The van der Waals surface area contributed by atoms with E-state index in [4.69, 9.17) is 5.11 Å². The summed E-state index contributed by atoms with van der Waals surface area (Å²) in [6.07, 6.45) is 1.05. The van der Waals surface area contributed by atoms with E-state index in [1.165, 1.54) is 0 Å². The van der Waals surface area contributed by atoms with Gasteiger partial charge in [-0.3, -0.25) is 0 Å². The highest BCUT2D eigenvalue weighted by Crippen LogP contribution is 2.11. The topological polar surface area (TPSA) is 23.5 Å². The molecule has 0 aliphatic rings. The Morgan fingerprint density at radius 3 is 2.42 bits per heavy atom. The van der Waals surface area contributed by atoms with Crippen molar-refractivity contribution in [2.24, 2.45) is 0 Å². The van der Waals surface area contributed by atoms with Gasteiger partial charge in [0.1, 0.15) is 6.73 Å². The fourth-order valence-corrected chi connectivity index (χ4v) is 1.19. The molecule has 0 bridgehead atoms. The van der Waals surface area contributed by atoms with Crippen molar-refractivity contribution in [1.29, 1.82) is 0 Å². The lowest BCUT2D eigenvalue weighted by molar-refractivity contribution is 0.291. The van der Waals surface area contributed by atoms with Crippen molar-refractivity contribution in [3.8, 4) is 0 Å². The Kier molecular flexibility index (Phi) is 3.61. The molecule has 1 rings (SSSR count). The Morgan fingerprint density at radius 1 is 1.25 bits per heavy atom. The summed E-state index contributed by atoms with van der Waals surface area (Å²) in [7, 11) is 0. The molecule has 0 aromatic heterocycles. The average molecular weight is 165 g/mol. The third-order valence-electron chi connectivity index (χ3n) is 1.79. The quantitative estimate of drug-likeness (QED) is 0.688. The minimum Gasteiger partial charge on any atom is -0.376 e. The number of benzene rings is 1. The van der Waals surface area contributed by atoms with Gasteiger partial charge in [0.25, 0.3) is 0 Å². The summed E-state index contributed by atoms with van der Waals surface area (Å²) < 4.78 is 0. The van der Waals surface area contributed by atoms with Crippen LogP contribution in [0.15, 0.2) is 30.3 Å². The first-order valence-electron chi connectivity index (χ1n) is 4.29. The molecule has 2 nitrogen and oxygen atoms in total. The molecule has 0 saturated heterocycles. The maximum atomic E-state index is 9.04. The van der Waals surface area contributed by atoms with Gasteiger partial charge in [-0.2, -0.15) is 0 Å². The van der Waals surface area contributed by atoms with Crippen LogP contribution in [-0.2, 0) is 0 Å². The second-order valence-electron chi connectivity index (χ2n) is 2.74. The number of aliphatic hydroxyl groups is 1. The number of para-hydroxylation sites is 1. The Bertz CT molecular complexity index is 210. The molecule has 2 heteroatoms. The van der Waals surface area contributed by atoms with Crippen molar-refractivity contribution < 1.29 is 5.11 Å². The number of aliphatic hydroxyl groups excluding tert-OH is 1. The monoisotopic (exact) mass is 165 g/mol. The average Bonchev–Trinajstić information content (AvgIpc) is 2.15. The second kappa shape index (κ2) is 4.78. The first-order chi connectivity index (χ1) is 5.88. The highest BCUT2D eigenvalue weighted by Gasteiger charge is 2.00. The zero-order valence-electron chi connectivity index (χ0n) is 7.40. The van der Waals surface area contributed by atoms with Crippen LogP contribution in [-0.4, -0.2) is 18.4 Å². The minimum absolute atomic E-state index is 0.0951. The summed E-state index contributed by atoms with van der Waals surface area (Å²) in [6.45, 7) is 3.10. The van der Waals surface area contributed by atoms with E-state index in [1.807, 2.05) is 35.2 Å². The molecule has 0 heterocycles. The minimum atomic E-state index is 0.0951. The van der Waals surface area contributed by atoms with Crippen molar-refractivity contribution in [3.05, 3.63) is 30.3 Å². The van der Waals surface area contributed by atoms with Gasteiger partial charge in [-0.25, -0.2) is 0 Å². The molecule has 0 saturated carbocycles. The summed E-state index contributed by atoms with van der Waals surface area (Å²) in [4.78, 5) is 1.94. The van der Waals surface area contributed by atoms with Crippen molar-refractivity contribution >= 4 is 5.69 Å². The highest BCUT2D eigenvalue weighted by molar-refractivity contribution is 5.45. The Morgan fingerprint density at radius 2 is 1.92 bits per heavy atom. The number of nitrogens with zero attached hydrogens (tertiary/aromatic N) is 1. The molecule has 0 radical (unpaired) electrons. The molecule has 0 amide bonds. The molecule has 12 heavy (non-hydrogen) atoms. The van der Waals surface area contributed by atoms with Crippen LogP contribution in [0.4, 0.5) is 5.69 Å². The van der Waals surface area contributed by atoms with E-state index in [1.54, 1.807) is 0 Å². The number of rotatable bonds is 4. The van der Waals surface area contributed by atoms with E-state index in [9.17, 15) is 0 Å². The van der Waals surface area contributed by atoms with Crippen LogP contribution < -0.4 is 4.90 Å². The fraction of sp³-hybridized carbons (Fsp3) is 0.400. The maximum Gasteiger partial charge on any atom is 0.115 e. The van der Waals surface area contributed by atoms with Gasteiger partial charge in [0, 0.05) is 12.2 Å². The molecule has 66 valence electrons. The predicted molar refractivity (Wildman–Crippen MR) is 51.2 cm³/mol. The van der Waals surface area contributed by atoms with Gasteiger partial charge in [-0.05, 0) is 18.6 Å². The molecule has 0 aliphatic heterocycles. The molecular weight excluding hydrogens is 150 g/mol. The molecule has 1 N–H and O–H groups in total. The first-order valence-corrected chi connectivity index (χ1v) is 4.29. The van der Waals surface area contributed by atoms with Crippen LogP contribution in [0, 0.1) is 0 Å². The fourth-order valence-electron chi connectivity index (χ4n) is 1.19. The van der Waals surface area contributed by atoms with Crippen LogP contribution in [0.1, 0.15) is 13.3 Å². The highest BCUT2D eigenvalue weighted by atomic mass is 16.3. The van der Waals surface area contributed by atoms with E-state index in [0.717, 1.165) is 18.7 Å². The van der Waals surface area contributed by atoms with Gasteiger partial charge in [-0.1, -0.05) is 25.1 Å². The smallest absolute Gasteiger partial charge is 0.115 e. The van der Waals surface area contributed by atoms with Crippen LogP contribution in [0.25, 0.3) is 0 Å². The second-order valence-corrected chi connectivity index (χ2v) is 2.74. The van der Waals surface area contributed by atoms with E-state index in [2.05, 4.69) is 6.92 Å². The van der Waals surface area contributed by atoms with E-state index < -0.39 is 0 Å². The zero-order chi connectivity index (χ0) is 8.81. The van der Waals surface area contributed by atoms with Gasteiger partial charge < -0.3 is 10.0 Å². The molecule has 0 atom stereocenters. The number of hydrogen-bond acceptors (Lipinski definition) is 2. The van der Waals surface area contributed by atoms with E-state index in [0.29, 0.717) is 0 Å². The van der Waals surface area contributed by atoms with Gasteiger partial charge in [0.05, 0.1) is 0 Å². The van der Waals surface area contributed by atoms with Crippen molar-refractivity contribution in [2.45, 2.75) is 13.3 Å². The van der Waals surface area contributed by atoms with Crippen LogP contribution in [0.5, 0.6) is 0 Å². The third kappa shape index (κ3) is 2.24. The molecule has 0 aliphatic carbocycles. The summed E-state index contributed by atoms with van der Waals surface area (Å²) in [5.74, 6) is 0. The molecular formula is C10H15NO. The molecule has 1 aromatic carbocycles. The maximum absolute atomic E-state index is 9.04. The third-order valence-corrected chi connectivity index (χ3v) is 1.79. The normalized spacial score (nSPS) is 9.83. The van der Waals surface area contributed by atoms with Gasteiger partial charge in [0.15, 0.2) is 0 Å². The summed E-state index contributed by atoms with van der Waals surface area (Å²) in [5.41, 5.74) is 1.09. The Balaban J connectivity index is 2.66. The lowest BCUT2D eigenvalue weighted by Crippen LogP contribution is -2.24. The molecule has 1 aromatic rings. The largest absolute Gasteiger partial charge is 0.376 e. The van der Waals surface area contributed by atoms with E-state index >= 15 is 0 Å². The predicted octanol–water partition coefficient (Wildman–Crippen LogP) is 1.85. The first kappa shape index (κ1) is 9.07. The van der Waals surface area contributed by atoms with Crippen LogP contribution >= 0.6 is 0 Å². The summed E-state index contributed by atoms with van der Waals surface area (Å²) >= 11 is 0. The number of anilines is 1. The Hall–Kier alpha value is -1.02. The lowest BCUT2D eigenvalue weighted by atomic mass is 10.3. The molecule has 0 fully saturated rings. The molecule has 0 unspecified atom stereocenters. The molecule has 0 spiro atoms. The Labute approximate surface area is 73.4 Å². The van der Waals surface area contributed by atoms with Crippen molar-refractivity contribution in [3.63, 3.8) is 0 Å². The lowest BCUT2D eigenvalue weighted by Gasteiger charge is -2.20. The van der Waals surface area contributed by atoms with Gasteiger partial charge in [-0.15, -0.1) is 0 Å². The summed E-state index contributed by atoms with van der Waals surface area (Å²) in [5, 5.41) is 9.04. The SMILES string of the molecule is CCCN(CO)c1ccccc1. The standard InChI is InChI=1S/C10H15NO/c1-2-8-11(9-12)10-6-4-3-5-7-10/h3-7,12H,2,8-9H2,1H3. The van der Waals surface area contributed by atoms with Gasteiger partial charge in [0.2, 0.25) is 0 Å². The van der Waals surface area contributed by atoms with Gasteiger partial charge >= 0.3 is 0 Å². The van der Waals surface area contributed by atoms with Crippen LogP contribution in [0.3, 0.4) is 0 Å². The number of hydrogen-bond donors (Lipinski definition) is 1. The summed E-state index contributed by atoms with van der Waals surface area (Å²) in [6, 6.07) is 9.95. The van der Waals surface area contributed by atoms with E-state index in [-0.39, 0.29) is 6.73 Å². The van der Waals surface area contributed by atoms with Crippen molar-refractivity contribution in [1.82, 2.24) is 0 Å². The van der Waals surface area contributed by atoms with Crippen LogP contribution in [0.2, 0.25) is 0 Å².